The molecular formula is C10H14N2O. The maximum absolute atomic E-state index is 5.36. The van der Waals surface area contributed by atoms with Crippen LogP contribution in [0.25, 0.3) is 0 Å². The molecule has 0 radical (unpaired) electrons. The molecular weight excluding hydrogens is 164 g/mol. The molecule has 0 saturated carbocycles. The summed E-state index contributed by atoms with van der Waals surface area (Å²) in [7, 11) is 1.89. The van der Waals surface area contributed by atoms with Crippen LogP contribution in [0.4, 0.5) is 0 Å². The van der Waals surface area contributed by atoms with Gasteiger partial charge in [-0.2, -0.15) is 0 Å². The summed E-state index contributed by atoms with van der Waals surface area (Å²) in [6, 6.07) is 3.75. The number of aromatic nitrogens is 1. The van der Waals surface area contributed by atoms with Crippen molar-refractivity contribution in [2.75, 3.05) is 13.7 Å². The lowest BCUT2D eigenvalue weighted by Gasteiger charge is -2.04. The third-order valence-electron chi connectivity index (χ3n) is 1.51. The highest BCUT2D eigenvalue weighted by Gasteiger charge is 1.95. The van der Waals surface area contributed by atoms with Crippen LogP contribution in [-0.2, 0) is 6.54 Å². The molecule has 1 rings (SSSR count). The van der Waals surface area contributed by atoms with Crippen LogP contribution in [-0.4, -0.2) is 18.6 Å². The van der Waals surface area contributed by atoms with Gasteiger partial charge in [0.2, 0.25) is 0 Å². The normalized spacial score (nSPS) is 9.62. The minimum atomic E-state index is 0.531. The molecule has 0 bridgehead atoms. The number of ether oxygens (including phenoxy) is 1. The number of hydrogen-bond acceptors (Lipinski definition) is 3. The highest BCUT2D eigenvalue weighted by Crippen LogP contribution is 2.10. The topological polar surface area (TPSA) is 34.1 Å². The Hall–Kier alpha value is -1.35. The Kier molecular flexibility index (Phi) is 3.99. The molecule has 0 aliphatic heterocycles. The molecule has 3 heteroatoms. The molecule has 0 atom stereocenters. The van der Waals surface area contributed by atoms with Gasteiger partial charge in [-0.05, 0) is 13.1 Å². The van der Waals surface area contributed by atoms with E-state index < -0.39 is 0 Å². The van der Waals surface area contributed by atoms with Crippen LogP contribution in [0.1, 0.15) is 5.69 Å². The van der Waals surface area contributed by atoms with Gasteiger partial charge in [0.25, 0.3) is 0 Å². The van der Waals surface area contributed by atoms with Gasteiger partial charge in [-0.15, -0.1) is 0 Å². The van der Waals surface area contributed by atoms with Gasteiger partial charge in [0, 0.05) is 18.8 Å². The fraction of sp³-hybridized carbons (Fsp3) is 0.300. The van der Waals surface area contributed by atoms with Crippen LogP contribution in [0.5, 0.6) is 5.75 Å². The lowest BCUT2D eigenvalue weighted by atomic mass is 10.3. The van der Waals surface area contributed by atoms with Crippen molar-refractivity contribution in [3.05, 3.63) is 36.7 Å². The van der Waals surface area contributed by atoms with E-state index >= 15 is 0 Å². The van der Waals surface area contributed by atoms with E-state index in [-0.39, 0.29) is 0 Å². The Labute approximate surface area is 78.4 Å². The summed E-state index contributed by atoms with van der Waals surface area (Å²) in [6.45, 7) is 4.87. The molecule has 0 amide bonds. The maximum Gasteiger partial charge on any atom is 0.123 e. The first-order valence-corrected chi connectivity index (χ1v) is 4.20. The van der Waals surface area contributed by atoms with Crippen molar-refractivity contribution in [3.63, 3.8) is 0 Å². The average molecular weight is 178 g/mol. The van der Waals surface area contributed by atoms with Crippen LogP contribution in [0.2, 0.25) is 0 Å². The first-order chi connectivity index (χ1) is 6.36. The summed E-state index contributed by atoms with van der Waals surface area (Å²) in [5.41, 5.74) is 0.976. The maximum atomic E-state index is 5.36. The second-order valence-electron chi connectivity index (χ2n) is 2.61. The number of nitrogens with one attached hydrogen (secondary N) is 1. The smallest absolute Gasteiger partial charge is 0.123 e. The van der Waals surface area contributed by atoms with E-state index in [1.54, 1.807) is 12.3 Å². The Morgan fingerprint density at radius 2 is 2.54 bits per heavy atom. The van der Waals surface area contributed by atoms with Crippen molar-refractivity contribution >= 4 is 0 Å². The highest BCUT2D eigenvalue weighted by atomic mass is 16.5. The lowest BCUT2D eigenvalue weighted by Crippen LogP contribution is -2.06. The van der Waals surface area contributed by atoms with Gasteiger partial charge >= 0.3 is 0 Å². The van der Waals surface area contributed by atoms with Crippen molar-refractivity contribution in [2.24, 2.45) is 0 Å². The van der Waals surface area contributed by atoms with Gasteiger partial charge in [0.15, 0.2) is 0 Å². The molecule has 0 aliphatic rings. The molecule has 0 fully saturated rings. The summed E-state index contributed by atoms with van der Waals surface area (Å²) in [5, 5.41) is 3.03. The number of nitrogens with zero attached hydrogens (tertiary/aromatic N) is 1. The van der Waals surface area contributed by atoms with Gasteiger partial charge in [-0.1, -0.05) is 12.7 Å². The first-order valence-electron chi connectivity index (χ1n) is 4.20. The quantitative estimate of drug-likeness (QED) is 0.691. The fourth-order valence-corrected chi connectivity index (χ4v) is 0.979. The van der Waals surface area contributed by atoms with Crippen LogP contribution >= 0.6 is 0 Å². The van der Waals surface area contributed by atoms with E-state index in [1.165, 1.54) is 0 Å². The van der Waals surface area contributed by atoms with E-state index in [0.717, 1.165) is 18.0 Å². The third-order valence-corrected chi connectivity index (χ3v) is 1.51. The second-order valence-corrected chi connectivity index (χ2v) is 2.61. The monoisotopic (exact) mass is 178 g/mol. The minimum absolute atomic E-state index is 0.531. The molecule has 1 aromatic rings. The Bertz CT molecular complexity index is 273. The minimum Gasteiger partial charge on any atom is -0.489 e. The molecule has 70 valence electrons. The summed E-state index contributed by atoms with van der Waals surface area (Å²) >= 11 is 0. The van der Waals surface area contributed by atoms with Crippen molar-refractivity contribution in [1.29, 1.82) is 0 Å². The molecule has 0 aromatic carbocycles. The molecule has 0 saturated heterocycles. The largest absolute Gasteiger partial charge is 0.489 e. The van der Waals surface area contributed by atoms with Gasteiger partial charge in [-0.25, -0.2) is 0 Å². The second kappa shape index (κ2) is 5.32. The van der Waals surface area contributed by atoms with Crippen LogP contribution < -0.4 is 10.1 Å². The van der Waals surface area contributed by atoms with Gasteiger partial charge in [-0.3, -0.25) is 4.98 Å². The molecule has 13 heavy (non-hydrogen) atoms. The SMILES string of the molecule is C=CCOc1ccnc(CNC)c1. The average Bonchev–Trinajstić information content (AvgIpc) is 2.16. The van der Waals surface area contributed by atoms with Crippen molar-refractivity contribution < 1.29 is 4.74 Å². The number of pyridine rings is 1. The van der Waals surface area contributed by atoms with Gasteiger partial charge in [0.05, 0.1) is 5.69 Å². The zero-order valence-corrected chi connectivity index (χ0v) is 7.79. The van der Waals surface area contributed by atoms with Gasteiger partial charge in [0.1, 0.15) is 12.4 Å². The molecule has 1 aromatic heterocycles. The molecule has 3 nitrogen and oxygen atoms in total. The van der Waals surface area contributed by atoms with Crippen molar-refractivity contribution in [2.45, 2.75) is 6.54 Å². The Balaban J connectivity index is 2.61. The van der Waals surface area contributed by atoms with Crippen LogP contribution in [0.3, 0.4) is 0 Å². The first kappa shape index (κ1) is 9.74. The predicted molar refractivity (Wildman–Crippen MR) is 52.7 cm³/mol. The standard InChI is InChI=1S/C10H14N2O/c1-3-6-13-10-4-5-12-9(7-10)8-11-2/h3-5,7,11H,1,6,8H2,2H3. The van der Waals surface area contributed by atoms with Gasteiger partial charge < -0.3 is 10.1 Å². The van der Waals surface area contributed by atoms with E-state index in [2.05, 4.69) is 16.9 Å². The molecule has 0 spiro atoms. The van der Waals surface area contributed by atoms with Crippen molar-refractivity contribution in [1.82, 2.24) is 10.3 Å². The summed E-state index contributed by atoms with van der Waals surface area (Å²) in [5.74, 6) is 0.833. The predicted octanol–water partition coefficient (Wildman–Crippen LogP) is 1.37. The molecule has 1 heterocycles. The Morgan fingerprint density at radius 1 is 1.69 bits per heavy atom. The zero-order chi connectivity index (χ0) is 9.52. The molecule has 0 unspecified atom stereocenters. The zero-order valence-electron chi connectivity index (χ0n) is 7.79. The van der Waals surface area contributed by atoms with E-state index in [9.17, 15) is 0 Å². The molecule has 0 aliphatic carbocycles. The molecule has 1 N–H and O–H groups in total. The summed E-state index contributed by atoms with van der Waals surface area (Å²) in [6.07, 6.45) is 3.46. The van der Waals surface area contributed by atoms with Crippen molar-refractivity contribution in [3.8, 4) is 5.75 Å². The number of hydrogen-bond donors (Lipinski definition) is 1. The van der Waals surface area contributed by atoms with E-state index in [1.807, 2.05) is 19.2 Å². The summed E-state index contributed by atoms with van der Waals surface area (Å²) in [4.78, 5) is 4.17. The van der Waals surface area contributed by atoms with Crippen LogP contribution in [0.15, 0.2) is 31.0 Å². The van der Waals surface area contributed by atoms with Crippen LogP contribution in [0, 0.1) is 0 Å². The highest BCUT2D eigenvalue weighted by molar-refractivity contribution is 5.22. The third kappa shape index (κ3) is 3.25. The van der Waals surface area contributed by atoms with E-state index in [4.69, 9.17) is 4.74 Å². The Morgan fingerprint density at radius 3 is 3.23 bits per heavy atom. The lowest BCUT2D eigenvalue weighted by molar-refractivity contribution is 0.362. The fourth-order valence-electron chi connectivity index (χ4n) is 0.979. The summed E-state index contributed by atoms with van der Waals surface area (Å²) < 4.78 is 5.36. The number of rotatable bonds is 5. The van der Waals surface area contributed by atoms with E-state index in [0.29, 0.717) is 6.61 Å².